The molecule has 0 fully saturated rings. The Balaban J connectivity index is 2.74. The summed E-state index contributed by atoms with van der Waals surface area (Å²) in [6, 6.07) is 0. The summed E-state index contributed by atoms with van der Waals surface area (Å²) in [5, 5.41) is 2.64. The molecule has 1 aliphatic rings. The van der Waals surface area contributed by atoms with E-state index in [-0.39, 0.29) is 12.1 Å². The number of hydrogen-bond acceptors (Lipinski definition) is 3. The maximum atomic E-state index is 10.8. The van der Waals surface area contributed by atoms with Crippen LogP contribution in [-0.2, 0) is 9.53 Å². The number of rotatable bonds is 2. The quantitative estimate of drug-likeness (QED) is 0.588. The van der Waals surface area contributed by atoms with Crippen molar-refractivity contribution >= 4 is 5.91 Å². The van der Waals surface area contributed by atoms with E-state index in [2.05, 4.69) is 5.32 Å². The lowest BCUT2D eigenvalue weighted by Crippen LogP contribution is -2.33. The summed E-state index contributed by atoms with van der Waals surface area (Å²) in [7, 11) is 5.31. The molecule has 0 spiro atoms. The van der Waals surface area contributed by atoms with Gasteiger partial charge in [-0.2, -0.15) is 0 Å². The van der Waals surface area contributed by atoms with Gasteiger partial charge >= 0.3 is 0 Å². The Morgan fingerprint density at radius 1 is 1.64 bits per heavy atom. The van der Waals surface area contributed by atoms with Crippen molar-refractivity contribution in [2.24, 2.45) is 0 Å². The summed E-state index contributed by atoms with van der Waals surface area (Å²) < 4.78 is 5.01. The van der Waals surface area contributed by atoms with E-state index in [4.69, 9.17) is 4.74 Å². The third-order valence-corrected chi connectivity index (χ3v) is 1.57. The predicted molar refractivity (Wildman–Crippen MR) is 40.7 cm³/mol. The Morgan fingerprint density at radius 2 is 2.27 bits per heavy atom. The number of likely N-dealkylation sites (N-methyl/N-ethyl adjacent to an activating group) is 1. The zero-order chi connectivity index (χ0) is 8.43. The van der Waals surface area contributed by atoms with E-state index in [1.807, 2.05) is 19.0 Å². The van der Waals surface area contributed by atoms with Crippen molar-refractivity contribution in [2.45, 2.75) is 6.23 Å². The van der Waals surface area contributed by atoms with Crippen LogP contribution in [0, 0.1) is 0 Å². The van der Waals surface area contributed by atoms with Crippen LogP contribution in [0.15, 0.2) is 11.8 Å². The van der Waals surface area contributed by atoms with E-state index in [0.29, 0.717) is 0 Å². The van der Waals surface area contributed by atoms with Gasteiger partial charge in [0.25, 0.3) is 0 Å². The van der Waals surface area contributed by atoms with E-state index in [1.54, 1.807) is 7.11 Å². The summed E-state index contributed by atoms with van der Waals surface area (Å²) >= 11 is 0. The van der Waals surface area contributed by atoms with Crippen molar-refractivity contribution in [1.82, 2.24) is 10.2 Å². The number of hydrogen-bond donors (Lipinski definition) is 1. The lowest BCUT2D eigenvalue weighted by atomic mass is 10.4. The third kappa shape index (κ3) is 1.51. The zero-order valence-corrected chi connectivity index (χ0v) is 6.92. The number of methoxy groups -OCH3 is 1. The molecule has 1 atom stereocenters. The molecule has 0 aromatic carbocycles. The molecule has 62 valence electrons. The Hall–Kier alpha value is -1.03. The molecule has 1 N–H and O–H groups in total. The molecule has 0 saturated heterocycles. The Morgan fingerprint density at radius 3 is 2.64 bits per heavy atom. The molecule has 0 aromatic rings. The van der Waals surface area contributed by atoms with Gasteiger partial charge in [0.1, 0.15) is 0 Å². The molecular formula is C7H12N2O2. The number of nitrogens with one attached hydrogen (secondary N) is 1. The normalized spacial score (nSPS) is 23.0. The molecule has 0 bridgehead atoms. The second-order valence-corrected chi connectivity index (χ2v) is 2.59. The van der Waals surface area contributed by atoms with Gasteiger partial charge in [0.05, 0.1) is 5.70 Å². The fourth-order valence-electron chi connectivity index (χ4n) is 0.998. The number of ether oxygens (including phenoxy) is 1. The van der Waals surface area contributed by atoms with Crippen molar-refractivity contribution in [2.75, 3.05) is 21.2 Å². The predicted octanol–water partition coefficient (Wildman–Crippen LogP) is -0.466. The largest absolute Gasteiger partial charge is 0.377 e. The minimum atomic E-state index is -0.280. The highest BCUT2D eigenvalue weighted by atomic mass is 16.5. The van der Waals surface area contributed by atoms with Gasteiger partial charge in [-0.3, -0.25) is 4.79 Å². The monoisotopic (exact) mass is 156 g/mol. The molecule has 0 saturated carbocycles. The Labute approximate surface area is 65.8 Å². The van der Waals surface area contributed by atoms with Crippen molar-refractivity contribution in [3.05, 3.63) is 11.8 Å². The number of amides is 1. The van der Waals surface area contributed by atoms with E-state index in [9.17, 15) is 4.79 Å². The first-order valence-electron chi connectivity index (χ1n) is 3.37. The molecule has 0 aromatic heterocycles. The van der Waals surface area contributed by atoms with E-state index < -0.39 is 0 Å². The van der Waals surface area contributed by atoms with Crippen molar-refractivity contribution in [3.8, 4) is 0 Å². The molecule has 4 nitrogen and oxygen atoms in total. The van der Waals surface area contributed by atoms with Gasteiger partial charge < -0.3 is 15.0 Å². The second kappa shape index (κ2) is 2.92. The van der Waals surface area contributed by atoms with Crippen LogP contribution in [0.1, 0.15) is 0 Å². The van der Waals surface area contributed by atoms with Crippen LogP contribution in [0.2, 0.25) is 0 Å². The van der Waals surface area contributed by atoms with Crippen LogP contribution in [-0.4, -0.2) is 38.2 Å². The summed E-state index contributed by atoms with van der Waals surface area (Å²) in [4.78, 5) is 12.7. The minimum absolute atomic E-state index is 0.0967. The zero-order valence-electron chi connectivity index (χ0n) is 6.92. The fourth-order valence-corrected chi connectivity index (χ4v) is 0.998. The van der Waals surface area contributed by atoms with Crippen LogP contribution in [0.3, 0.4) is 0 Å². The maximum Gasteiger partial charge on any atom is 0.248 e. The number of carbonyl (C=O) groups is 1. The lowest BCUT2D eigenvalue weighted by Gasteiger charge is -2.19. The van der Waals surface area contributed by atoms with Gasteiger partial charge in [0.15, 0.2) is 6.23 Å². The van der Waals surface area contributed by atoms with Crippen LogP contribution < -0.4 is 5.32 Å². The summed E-state index contributed by atoms with van der Waals surface area (Å²) in [6.07, 6.45) is 1.26. The first-order valence-corrected chi connectivity index (χ1v) is 3.37. The first-order chi connectivity index (χ1) is 5.15. The van der Waals surface area contributed by atoms with Crippen LogP contribution >= 0.6 is 0 Å². The fraction of sp³-hybridized carbons (Fsp3) is 0.571. The lowest BCUT2D eigenvalue weighted by molar-refractivity contribution is -0.117. The maximum absolute atomic E-state index is 10.8. The van der Waals surface area contributed by atoms with E-state index in [0.717, 1.165) is 5.70 Å². The molecule has 0 aliphatic carbocycles. The molecule has 4 heteroatoms. The van der Waals surface area contributed by atoms with Crippen LogP contribution in [0.4, 0.5) is 0 Å². The van der Waals surface area contributed by atoms with Crippen LogP contribution in [0.25, 0.3) is 0 Å². The first kappa shape index (κ1) is 8.07. The van der Waals surface area contributed by atoms with Gasteiger partial charge in [-0.1, -0.05) is 0 Å². The van der Waals surface area contributed by atoms with E-state index in [1.165, 1.54) is 6.08 Å². The van der Waals surface area contributed by atoms with Crippen LogP contribution in [0.5, 0.6) is 0 Å². The van der Waals surface area contributed by atoms with Crippen molar-refractivity contribution in [1.29, 1.82) is 0 Å². The smallest absolute Gasteiger partial charge is 0.248 e. The van der Waals surface area contributed by atoms with Gasteiger partial charge in [0, 0.05) is 27.3 Å². The SMILES string of the molecule is COC1NC(=O)C=C1N(C)C. The number of carbonyl (C=O) groups excluding carboxylic acids is 1. The molecule has 11 heavy (non-hydrogen) atoms. The molecule has 1 rings (SSSR count). The van der Waals surface area contributed by atoms with Crippen molar-refractivity contribution < 1.29 is 9.53 Å². The molecule has 0 radical (unpaired) electrons. The Bertz CT molecular complexity index is 199. The third-order valence-electron chi connectivity index (χ3n) is 1.57. The van der Waals surface area contributed by atoms with Gasteiger partial charge in [-0.15, -0.1) is 0 Å². The molecule has 1 heterocycles. The Kier molecular flexibility index (Phi) is 2.14. The topological polar surface area (TPSA) is 41.6 Å². The minimum Gasteiger partial charge on any atom is -0.377 e. The summed E-state index contributed by atoms with van der Waals surface area (Å²) in [6.45, 7) is 0. The average Bonchev–Trinajstić information content (AvgIpc) is 2.30. The van der Waals surface area contributed by atoms with Gasteiger partial charge in [0.2, 0.25) is 5.91 Å². The highest BCUT2D eigenvalue weighted by Gasteiger charge is 2.24. The standard InChI is InChI=1S/C7H12N2O2/c1-9(2)5-4-6(10)8-7(5)11-3/h4,7H,1-3H3,(H,8,10). The van der Waals surface area contributed by atoms with Gasteiger partial charge in [-0.25, -0.2) is 0 Å². The molecule has 1 unspecified atom stereocenters. The highest BCUT2D eigenvalue weighted by molar-refractivity contribution is 5.91. The molecular weight excluding hydrogens is 144 g/mol. The van der Waals surface area contributed by atoms with E-state index >= 15 is 0 Å². The second-order valence-electron chi connectivity index (χ2n) is 2.59. The average molecular weight is 156 g/mol. The summed E-state index contributed by atoms with van der Waals surface area (Å²) in [5.41, 5.74) is 0.859. The van der Waals surface area contributed by atoms with Gasteiger partial charge in [-0.05, 0) is 0 Å². The number of nitrogens with zero attached hydrogens (tertiary/aromatic N) is 1. The highest BCUT2D eigenvalue weighted by Crippen LogP contribution is 2.11. The summed E-state index contributed by atoms with van der Waals surface area (Å²) in [5.74, 6) is -0.0967. The molecule has 1 amide bonds. The van der Waals surface area contributed by atoms with Crippen molar-refractivity contribution in [3.63, 3.8) is 0 Å². The molecule has 1 aliphatic heterocycles.